The summed E-state index contributed by atoms with van der Waals surface area (Å²) in [6.45, 7) is 4.12. The smallest absolute Gasteiger partial charge is 0.165 e. The second-order valence-electron chi connectivity index (χ2n) is 3.98. The second kappa shape index (κ2) is 4.35. The summed E-state index contributed by atoms with van der Waals surface area (Å²) in [7, 11) is 0. The lowest BCUT2D eigenvalue weighted by atomic mass is 10.1. The summed E-state index contributed by atoms with van der Waals surface area (Å²) in [4.78, 5) is 12.2. The van der Waals surface area contributed by atoms with E-state index >= 15 is 0 Å². The van der Waals surface area contributed by atoms with E-state index in [9.17, 15) is 5.11 Å². The predicted molar refractivity (Wildman–Crippen MR) is 61.3 cm³/mol. The van der Waals surface area contributed by atoms with Gasteiger partial charge in [-0.1, -0.05) is 25.4 Å². The van der Waals surface area contributed by atoms with Crippen molar-refractivity contribution in [2.75, 3.05) is 6.61 Å². The Labute approximate surface area is 98.1 Å². The molecule has 0 aliphatic carbocycles. The van der Waals surface area contributed by atoms with E-state index in [4.69, 9.17) is 11.6 Å². The van der Waals surface area contributed by atoms with Crippen molar-refractivity contribution < 1.29 is 5.11 Å². The molecular weight excluding hydrogens is 228 g/mol. The number of aliphatic hydroxyl groups is 1. The third-order valence-electron chi connectivity index (χ3n) is 2.63. The molecule has 0 saturated carbocycles. The fraction of sp³-hybridized carbons (Fsp3) is 0.500. The van der Waals surface area contributed by atoms with Gasteiger partial charge in [0.1, 0.15) is 11.8 Å². The summed E-state index contributed by atoms with van der Waals surface area (Å²) in [5, 5.41) is 9.71. The van der Waals surface area contributed by atoms with Crippen LogP contribution in [0.4, 0.5) is 0 Å². The Kier molecular flexibility index (Phi) is 3.07. The molecule has 5 nitrogen and oxygen atoms in total. The van der Waals surface area contributed by atoms with E-state index in [1.807, 2.05) is 18.4 Å². The summed E-state index contributed by atoms with van der Waals surface area (Å²) in [6, 6.07) is -0.0454. The zero-order valence-electron chi connectivity index (χ0n) is 9.13. The lowest BCUT2D eigenvalue weighted by Gasteiger charge is -2.19. The monoisotopic (exact) mass is 240 g/mol. The maximum atomic E-state index is 9.37. The molecule has 1 atom stereocenters. The van der Waals surface area contributed by atoms with Crippen LogP contribution in [0.5, 0.6) is 0 Å². The number of aromatic nitrogens is 4. The number of nitrogens with zero attached hydrogens (tertiary/aromatic N) is 4. The minimum atomic E-state index is -0.0454. The maximum absolute atomic E-state index is 9.37. The van der Waals surface area contributed by atoms with Crippen LogP contribution in [-0.4, -0.2) is 31.2 Å². The Morgan fingerprint density at radius 2 is 2.12 bits per heavy atom. The average molecular weight is 241 g/mol. The molecule has 6 heteroatoms. The molecule has 0 saturated heterocycles. The average Bonchev–Trinajstić information content (AvgIpc) is 2.64. The molecular formula is C10H13ClN4O. The standard InChI is InChI=1S/C10H13ClN4O/c1-6(2)7(3-16)15-5-14-8-9(11)12-4-13-10(8)15/h4-7,16H,3H2,1-2H3. The van der Waals surface area contributed by atoms with Crippen molar-refractivity contribution in [3.05, 3.63) is 17.8 Å². The van der Waals surface area contributed by atoms with E-state index in [1.165, 1.54) is 6.33 Å². The van der Waals surface area contributed by atoms with E-state index in [0.29, 0.717) is 16.3 Å². The molecule has 0 bridgehead atoms. The van der Waals surface area contributed by atoms with Gasteiger partial charge in [-0.2, -0.15) is 0 Å². The Morgan fingerprint density at radius 3 is 2.75 bits per heavy atom. The summed E-state index contributed by atoms with van der Waals surface area (Å²) >= 11 is 5.91. The highest BCUT2D eigenvalue weighted by Crippen LogP contribution is 2.24. The van der Waals surface area contributed by atoms with Crippen molar-refractivity contribution in [2.24, 2.45) is 5.92 Å². The minimum absolute atomic E-state index is 0.0454. The SMILES string of the molecule is CC(C)C(CO)n1cnc2c(Cl)ncnc21. The highest BCUT2D eigenvalue weighted by Gasteiger charge is 2.18. The van der Waals surface area contributed by atoms with Crippen LogP contribution in [0.15, 0.2) is 12.7 Å². The van der Waals surface area contributed by atoms with Gasteiger partial charge in [-0.15, -0.1) is 0 Å². The molecule has 2 aromatic rings. The molecule has 0 aliphatic heterocycles. The van der Waals surface area contributed by atoms with E-state index in [1.54, 1.807) is 6.33 Å². The van der Waals surface area contributed by atoms with Gasteiger partial charge in [-0.05, 0) is 5.92 Å². The van der Waals surface area contributed by atoms with Crippen LogP contribution in [0.3, 0.4) is 0 Å². The third kappa shape index (κ3) is 1.76. The number of rotatable bonds is 3. The van der Waals surface area contributed by atoms with E-state index in [-0.39, 0.29) is 18.6 Å². The summed E-state index contributed by atoms with van der Waals surface area (Å²) in [5.41, 5.74) is 1.23. The zero-order valence-corrected chi connectivity index (χ0v) is 9.89. The number of halogens is 1. The zero-order chi connectivity index (χ0) is 11.7. The first-order valence-corrected chi connectivity index (χ1v) is 5.46. The number of hydrogen-bond acceptors (Lipinski definition) is 4. The number of aliphatic hydroxyl groups excluding tert-OH is 1. The molecule has 0 spiro atoms. The minimum Gasteiger partial charge on any atom is -0.394 e. The molecule has 1 N–H and O–H groups in total. The highest BCUT2D eigenvalue weighted by atomic mass is 35.5. The molecule has 2 rings (SSSR count). The van der Waals surface area contributed by atoms with Gasteiger partial charge < -0.3 is 9.67 Å². The Balaban J connectivity index is 2.57. The number of imidazole rings is 1. The van der Waals surface area contributed by atoms with Crippen molar-refractivity contribution in [2.45, 2.75) is 19.9 Å². The highest BCUT2D eigenvalue weighted by molar-refractivity contribution is 6.33. The largest absolute Gasteiger partial charge is 0.394 e. The van der Waals surface area contributed by atoms with Crippen molar-refractivity contribution >= 4 is 22.8 Å². The lowest BCUT2D eigenvalue weighted by Crippen LogP contribution is -2.18. The first-order chi connectivity index (χ1) is 7.65. The van der Waals surface area contributed by atoms with Crippen LogP contribution in [0, 0.1) is 5.92 Å². The van der Waals surface area contributed by atoms with E-state index in [0.717, 1.165) is 0 Å². The first-order valence-electron chi connectivity index (χ1n) is 5.09. The van der Waals surface area contributed by atoms with Gasteiger partial charge in [0.25, 0.3) is 0 Å². The Bertz CT molecular complexity index is 497. The van der Waals surface area contributed by atoms with Gasteiger partial charge >= 0.3 is 0 Å². The molecule has 0 aromatic carbocycles. The van der Waals surface area contributed by atoms with Crippen LogP contribution in [-0.2, 0) is 0 Å². The molecule has 0 fully saturated rings. The predicted octanol–water partition coefficient (Wildman–Crippen LogP) is 1.67. The van der Waals surface area contributed by atoms with Crippen molar-refractivity contribution in [1.29, 1.82) is 0 Å². The molecule has 86 valence electrons. The van der Waals surface area contributed by atoms with Gasteiger partial charge in [0.2, 0.25) is 0 Å². The molecule has 16 heavy (non-hydrogen) atoms. The number of fused-ring (bicyclic) bond motifs is 1. The second-order valence-corrected chi connectivity index (χ2v) is 4.34. The Hall–Kier alpha value is -1.20. The van der Waals surface area contributed by atoms with Crippen LogP contribution in [0.1, 0.15) is 19.9 Å². The summed E-state index contributed by atoms with van der Waals surface area (Å²) in [6.07, 6.45) is 3.05. The fourth-order valence-electron chi connectivity index (χ4n) is 1.69. The maximum Gasteiger partial charge on any atom is 0.165 e. The number of hydrogen-bond donors (Lipinski definition) is 1. The lowest BCUT2D eigenvalue weighted by molar-refractivity contribution is 0.195. The quantitative estimate of drug-likeness (QED) is 0.829. The van der Waals surface area contributed by atoms with Crippen LogP contribution < -0.4 is 0 Å². The van der Waals surface area contributed by atoms with Crippen LogP contribution in [0.25, 0.3) is 11.2 Å². The normalized spacial score (nSPS) is 13.6. The van der Waals surface area contributed by atoms with Crippen LogP contribution in [0.2, 0.25) is 5.15 Å². The van der Waals surface area contributed by atoms with Crippen molar-refractivity contribution in [1.82, 2.24) is 19.5 Å². The summed E-state index contributed by atoms with van der Waals surface area (Å²) in [5.74, 6) is 0.288. The molecule has 1 unspecified atom stereocenters. The van der Waals surface area contributed by atoms with E-state index < -0.39 is 0 Å². The molecule has 2 heterocycles. The first kappa shape index (κ1) is 11.3. The van der Waals surface area contributed by atoms with Crippen molar-refractivity contribution in [3.63, 3.8) is 0 Å². The van der Waals surface area contributed by atoms with Gasteiger partial charge in [0.15, 0.2) is 10.8 Å². The molecule has 0 radical (unpaired) electrons. The molecule has 0 aliphatic rings. The molecule has 0 amide bonds. The fourth-order valence-corrected chi connectivity index (χ4v) is 1.86. The van der Waals surface area contributed by atoms with Crippen molar-refractivity contribution in [3.8, 4) is 0 Å². The Morgan fingerprint density at radius 1 is 1.38 bits per heavy atom. The van der Waals surface area contributed by atoms with Crippen LogP contribution >= 0.6 is 11.6 Å². The van der Waals surface area contributed by atoms with Gasteiger partial charge in [0.05, 0.1) is 19.0 Å². The van der Waals surface area contributed by atoms with Gasteiger partial charge in [-0.3, -0.25) is 0 Å². The third-order valence-corrected chi connectivity index (χ3v) is 2.90. The molecule has 2 aromatic heterocycles. The topological polar surface area (TPSA) is 63.8 Å². The van der Waals surface area contributed by atoms with Gasteiger partial charge in [-0.25, -0.2) is 15.0 Å². The van der Waals surface area contributed by atoms with Gasteiger partial charge in [0, 0.05) is 0 Å². The van der Waals surface area contributed by atoms with E-state index in [2.05, 4.69) is 15.0 Å². The summed E-state index contributed by atoms with van der Waals surface area (Å²) < 4.78 is 1.84.